The molecule has 0 aromatic carbocycles. The first kappa shape index (κ1) is 9.15. The SMILES string of the molecule is C=C/C=C(/C)C(CC)=NC. The summed E-state index contributed by atoms with van der Waals surface area (Å²) in [6.45, 7) is 7.77. The fourth-order valence-corrected chi connectivity index (χ4v) is 0.886. The fraction of sp³-hybridized carbons (Fsp3) is 0.444. The van der Waals surface area contributed by atoms with E-state index in [1.165, 1.54) is 5.57 Å². The highest BCUT2D eigenvalue weighted by atomic mass is 14.7. The summed E-state index contributed by atoms with van der Waals surface area (Å²) >= 11 is 0. The molecule has 0 bridgehead atoms. The van der Waals surface area contributed by atoms with Crippen molar-refractivity contribution in [1.29, 1.82) is 0 Å². The number of aliphatic imine (C=N–C) groups is 1. The van der Waals surface area contributed by atoms with Crippen LogP contribution < -0.4 is 0 Å². The maximum absolute atomic E-state index is 4.13. The molecule has 0 amide bonds. The van der Waals surface area contributed by atoms with Crippen LogP contribution >= 0.6 is 0 Å². The maximum atomic E-state index is 4.13. The van der Waals surface area contributed by atoms with Crippen molar-refractivity contribution in [2.24, 2.45) is 4.99 Å². The quantitative estimate of drug-likeness (QED) is 0.419. The Morgan fingerprint density at radius 1 is 1.60 bits per heavy atom. The second kappa shape index (κ2) is 4.98. The lowest BCUT2D eigenvalue weighted by molar-refractivity contribution is 1.23. The maximum Gasteiger partial charge on any atom is 0.0371 e. The van der Waals surface area contributed by atoms with Crippen LogP contribution in [-0.2, 0) is 0 Å². The van der Waals surface area contributed by atoms with Crippen LogP contribution in [0.2, 0.25) is 0 Å². The van der Waals surface area contributed by atoms with Gasteiger partial charge in [-0.3, -0.25) is 4.99 Å². The Kier molecular flexibility index (Phi) is 4.55. The average Bonchev–Trinajstić information content (AvgIpc) is 1.91. The van der Waals surface area contributed by atoms with Crippen molar-refractivity contribution in [3.8, 4) is 0 Å². The van der Waals surface area contributed by atoms with E-state index >= 15 is 0 Å². The first-order valence-corrected chi connectivity index (χ1v) is 3.51. The van der Waals surface area contributed by atoms with E-state index in [-0.39, 0.29) is 0 Å². The van der Waals surface area contributed by atoms with Crippen molar-refractivity contribution in [2.75, 3.05) is 7.05 Å². The van der Waals surface area contributed by atoms with E-state index in [0.717, 1.165) is 12.1 Å². The van der Waals surface area contributed by atoms with E-state index in [0.29, 0.717) is 0 Å². The van der Waals surface area contributed by atoms with Gasteiger partial charge in [0.15, 0.2) is 0 Å². The van der Waals surface area contributed by atoms with Crippen LogP contribution in [0.15, 0.2) is 29.3 Å². The van der Waals surface area contributed by atoms with Crippen molar-refractivity contribution >= 4 is 5.71 Å². The molecule has 0 radical (unpaired) electrons. The minimum atomic E-state index is 0.993. The summed E-state index contributed by atoms with van der Waals surface area (Å²) in [5.74, 6) is 0. The number of hydrogen-bond donors (Lipinski definition) is 0. The van der Waals surface area contributed by atoms with Crippen LogP contribution in [-0.4, -0.2) is 12.8 Å². The highest BCUT2D eigenvalue weighted by Crippen LogP contribution is 2.00. The van der Waals surface area contributed by atoms with Crippen LogP contribution in [0.3, 0.4) is 0 Å². The van der Waals surface area contributed by atoms with Gasteiger partial charge in [0, 0.05) is 12.8 Å². The monoisotopic (exact) mass is 137 g/mol. The standard InChI is InChI=1S/C9H15N/c1-5-7-8(3)9(6-2)10-4/h5,7H,1,6H2,2-4H3/b8-7-,10-9?. The average molecular weight is 137 g/mol. The van der Waals surface area contributed by atoms with E-state index in [4.69, 9.17) is 0 Å². The van der Waals surface area contributed by atoms with Gasteiger partial charge in [0.2, 0.25) is 0 Å². The molecule has 0 aromatic rings. The molecule has 1 nitrogen and oxygen atoms in total. The summed E-state index contributed by atoms with van der Waals surface area (Å²) in [5, 5.41) is 0. The Morgan fingerprint density at radius 3 is 2.50 bits per heavy atom. The highest BCUT2D eigenvalue weighted by molar-refractivity contribution is 5.99. The molecule has 0 spiro atoms. The molecule has 0 saturated heterocycles. The summed E-state index contributed by atoms with van der Waals surface area (Å²) in [6, 6.07) is 0. The van der Waals surface area contributed by atoms with E-state index in [2.05, 4.69) is 18.5 Å². The van der Waals surface area contributed by atoms with Crippen LogP contribution in [0.1, 0.15) is 20.3 Å². The number of hydrogen-bond acceptors (Lipinski definition) is 1. The molecule has 1 heteroatoms. The predicted molar refractivity (Wildman–Crippen MR) is 47.6 cm³/mol. The molecule has 56 valence electrons. The number of nitrogens with zero attached hydrogens (tertiary/aromatic N) is 1. The van der Waals surface area contributed by atoms with Crippen molar-refractivity contribution in [3.63, 3.8) is 0 Å². The van der Waals surface area contributed by atoms with Crippen LogP contribution in [0.5, 0.6) is 0 Å². The third-order valence-electron chi connectivity index (χ3n) is 1.43. The van der Waals surface area contributed by atoms with Gasteiger partial charge in [0.05, 0.1) is 0 Å². The Balaban J connectivity index is 4.30. The first-order chi connectivity index (χ1) is 4.76. The minimum Gasteiger partial charge on any atom is -0.293 e. The molecule has 0 unspecified atom stereocenters. The lowest BCUT2D eigenvalue weighted by Crippen LogP contribution is -1.96. The summed E-state index contributed by atoms with van der Waals surface area (Å²) < 4.78 is 0. The topological polar surface area (TPSA) is 12.4 Å². The third kappa shape index (κ3) is 2.62. The van der Waals surface area contributed by atoms with Gasteiger partial charge in [0.25, 0.3) is 0 Å². The lowest BCUT2D eigenvalue weighted by Gasteiger charge is -1.99. The highest BCUT2D eigenvalue weighted by Gasteiger charge is 1.94. The van der Waals surface area contributed by atoms with Crippen molar-refractivity contribution in [3.05, 3.63) is 24.3 Å². The van der Waals surface area contributed by atoms with E-state index in [9.17, 15) is 0 Å². The molecule has 0 aliphatic rings. The van der Waals surface area contributed by atoms with E-state index in [1.807, 2.05) is 20.0 Å². The molecule has 0 fully saturated rings. The molecule has 0 N–H and O–H groups in total. The lowest BCUT2D eigenvalue weighted by atomic mass is 10.1. The zero-order valence-corrected chi connectivity index (χ0v) is 7.02. The first-order valence-electron chi connectivity index (χ1n) is 3.51. The second-order valence-electron chi connectivity index (χ2n) is 2.11. The van der Waals surface area contributed by atoms with Crippen molar-refractivity contribution in [1.82, 2.24) is 0 Å². The Hall–Kier alpha value is -0.850. The molecule has 0 aliphatic heterocycles. The van der Waals surface area contributed by atoms with Crippen LogP contribution in [0.25, 0.3) is 0 Å². The molecule has 0 aliphatic carbocycles. The van der Waals surface area contributed by atoms with Gasteiger partial charge in [-0.1, -0.05) is 25.7 Å². The fourth-order valence-electron chi connectivity index (χ4n) is 0.886. The largest absolute Gasteiger partial charge is 0.293 e. The van der Waals surface area contributed by atoms with Crippen molar-refractivity contribution < 1.29 is 0 Å². The molecular weight excluding hydrogens is 122 g/mol. The van der Waals surface area contributed by atoms with Crippen LogP contribution in [0, 0.1) is 0 Å². The number of allylic oxidation sites excluding steroid dienone is 3. The summed E-state index contributed by atoms with van der Waals surface area (Å²) in [6.07, 6.45) is 4.76. The molecule has 0 heterocycles. The second-order valence-corrected chi connectivity index (χ2v) is 2.11. The van der Waals surface area contributed by atoms with Gasteiger partial charge in [-0.05, 0) is 18.9 Å². The van der Waals surface area contributed by atoms with E-state index in [1.54, 1.807) is 6.08 Å². The Labute approximate surface area is 63.2 Å². The molecular formula is C9H15N. The molecule has 0 rings (SSSR count). The van der Waals surface area contributed by atoms with E-state index < -0.39 is 0 Å². The zero-order valence-electron chi connectivity index (χ0n) is 7.02. The molecule has 10 heavy (non-hydrogen) atoms. The zero-order chi connectivity index (χ0) is 7.98. The molecule has 0 aromatic heterocycles. The summed E-state index contributed by atoms with van der Waals surface area (Å²) in [5.41, 5.74) is 2.36. The Bertz CT molecular complexity index is 164. The molecule has 0 saturated carbocycles. The summed E-state index contributed by atoms with van der Waals surface area (Å²) in [4.78, 5) is 4.13. The normalized spacial score (nSPS) is 13.5. The van der Waals surface area contributed by atoms with Gasteiger partial charge >= 0.3 is 0 Å². The Morgan fingerprint density at radius 2 is 2.20 bits per heavy atom. The minimum absolute atomic E-state index is 0.993. The van der Waals surface area contributed by atoms with Gasteiger partial charge in [-0.2, -0.15) is 0 Å². The molecule has 0 atom stereocenters. The summed E-state index contributed by atoms with van der Waals surface area (Å²) in [7, 11) is 1.82. The van der Waals surface area contributed by atoms with Crippen molar-refractivity contribution in [2.45, 2.75) is 20.3 Å². The predicted octanol–water partition coefficient (Wildman–Crippen LogP) is 2.60. The third-order valence-corrected chi connectivity index (χ3v) is 1.43. The smallest absolute Gasteiger partial charge is 0.0371 e. The van der Waals surface area contributed by atoms with Gasteiger partial charge < -0.3 is 0 Å². The van der Waals surface area contributed by atoms with Gasteiger partial charge in [-0.15, -0.1) is 0 Å². The number of rotatable bonds is 3. The van der Waals surface area contributed by atoms with Crippen LogP contribution in [0.4, 0.5) is 0 Å². The van der Waals surface area contributed by atoms with Gasteiger partial charge in [0.1, 0.15) is 0 Å². The van der Waals surface area contributed by atoms with Gasteiger partial charge in [-0.25, -0.2) is 0 Å².